The summed E-state index contributed by atoms with van der Waals surface area (Å²) in [5.74, 6) is 1.35. The van der Waals surface area contributed by atoms with Crippen LogP contribution < -0.4 is 20.3 Å². The van der Waals surface area contributed by atoms with Gasteiger partial charge in [0.1, 0.15) is 17.4 Å². The zero-order valence-electron chi connectivity index (χ0n) is 21.0. The fourth-order valence-electron chi connectivity index (χ4n) is 4.20. The third-order valence-electron chi connectivity index (χ3n) is 6.20. The number of anilines is 5. The van der Waals surface area contributed by atoms with Crippen molar-refractivity contribution in [3.63, 3.8) is 0 Å². The van der Waals surface area contributed by atoms with E-state index in [4.69, 9.17) is 4.74 Å². The van der Waals surface area contributed by atoms with E-state index in [0.717, 1.165) is 48.9 Å². The Balaban J connectivity index is 1.58. The van der Waals surface area contributed by atoms with Gasteiger partial charge in [-0.15, -0.1) is 0 Å². The molecule has 10 heteroatoms. The highest BCUT2D eigenvalue weighted by Crippen LogP contribution is 2.36. The van der Waals surface area contributed by atoms with Crippen molar-refractivity contribution in [2.75, 3.05) is 55.9 Å². The summed E-state index contributed by atoms with van der Waals surface area (Å²) in [5.41, 5.74) is 4.29. The number of ether oxygens (including phenoxy) is 1. The smallest absolute Gasteiger partial charge is 0.229 e. The second kappa shape index (κ2) is 11.4. The summed E-state index contributed by atoms with van der Waals surface area (Å²) < 4.78 is 20.2. The first kappa shape index (κ1) is 26.1. The Morgan fingerprint density at radius 2 is 1.89 bits per heavy atom. The second-order valence-electron chi connectivity index (χ2n) is 9.12. The number of methoxy groups -OCH3 is 1. The van der Waals surface area contributed by atoms with Gasteiger partial charge in [-0.2, -0.15) is 4.98 Å². The maximum absolute atomic E-state index is 13.8. The van der Waals surface area contributed by atoms with Gasteiger partial charge < -0.3 is 30.3 Å². The van der Waals surface area contributed by atoms with Gasteiger partial charge in [-0.25, -0.2) is 9.37 Å². The number of rotatable bonds is 8. The summed E-state index contributed by atoms with van der Waals surface area (Å²) in [7, 11) is 3.82. The summed E-state index contributed by atoms with van der Waals surface area (Å²) in [6.45, 7) is 7.63. The van der Waals surface area contributed by atoms with E-state index in [0.29, 0.717) is 33.9 Å². The van der Waals surface area contributed by atoms with E-state index in [-0.39, 0.29) is 5.82 Å². The lowest BCUT2D eigenvalue weighted by Gasteiger charge is -2.35. The Bertz CT molecular complexity index is 1220. The van der Waals surface area contributed by atoms with Gasteiger partial charge in [0.25, 0.3) is 0 Å². The Hall–Kier alpha value is -2.95. The molecule has 0 radical (unpaired) electrons. The van der Waals surface area contributed by atoms with Crippen LogP contribution in [0.4, 0.5) is 33.2 Å². The minimum Gasteiger partial charge on any atom is -0.495 e. The van der Waals surface area contributed by atoms with Crippen LogP contribution >= 0.6 is 15.9 Å². The van der Waals surface area contributed by atoms with Crippen LogP contribution in [0, 0.1) is 12.7 Å². The molecule has 1 atom stereocenters. The number of nitrogens with one attached hydrogen (secondary N) is 2. The van der Waals surface area contributed by atoms with E-state index >= 15 is 0 Å². The fraction of sp³-hybridized carbons (Fsp3) is 0.385. The van der Waals surface area contributed by atoms with Crippen molar-refractivity contribution in [3.8, 4) is 5.75 Å². The van der Waals surface area contributed by atoms with Crippen molar-refractivity contribution >= 4 is 44.8 Å². The highest BCUT2D eigenvalue weighted by Gasteiger charge is 2.20. The molecule has 0 spiro atoms. The number of aryl methyl sites for hydroxylation is 1. The average molecular weight is 559 g/mol. The van der Waals surface area contributed by atoms with Crippen molar-refractivity contribution in [2.24, 2.45) is 0 Å². The summed E-state index contributed by atoms with van der Waals surface area (Å²) in [6.07, 6.45) is 1.36. The van der Waals surface area contributed by atoms with Crippen LogP contribution in [0.25, 0.3) is 0 Å². The maximum Gasteiger partial charge on any atom is 0.229 e. The number of likely N-dealkylation sites (N-methyl/N-ethyl adjacent to an activating group) is 1. The molecule has 8 nitrogen and oxygen atoms in total. The molecule has 4 rings (SSSR count). The van der Waals surface area contributed by atoms with E-state index in [1.165, 1.54) is 12.1 Å². The number of nitrogens with zero attached hydrogens (tertiary/aromatic N) is 4. The molecule has 2 heterocycles. The topological polar surface area (TPSA) is 85.8 Å². The second-order valence-corrected chi connectivity index (χ2v) is 9.98. The molecule has 3 aromatic rings. The first-order valence-corrected chi connectivity index (χ1v) is 12.7. The number of hydrogen-bond donors (Lipinski definition) is 3. The van der Waals surface area contributed by atoms with Gasteiger partial charge in [0.2, 0.25) is 5.95 Å². The molecule has 1 aliphatic heterocycles. The molecule has 2 aromatic carbocycles. The molecular weight excluding hydrogens is 527 g/mol. The molecule has 1 saturated heterocycles. The van der Waals surface area contributed by atoms with E-state index in [1.807, 2.05) is 13.0 Å². The van der Waals surface area contributed by atoms with Gasteiger partial charge in [0, 0.05) is 56.2 Å². The fourth-order valence-corrected chi connectivity index (χ4v) is 4.49. The van der Waals surface area contributed by atoms with Gasteiger partial charge >= 0.3 is 0 Å². The SMILES string of the molecule is COc1cc(Nc2ncc(Br)c(Nc3ccc(F)cc3CC(C)O)n2)c(C)cc1N1CCN(C)CC1. The number of halogens is 2. The molecule has 0 bridgehead atoms. The van der Waals surface area contributed by atoms with E-state index < -0.39 is 6.10 Å². The largest absolute Gasteiger partial charge is 0.495 e. The first-order valence-electron chi connectivity index (χ1n) is 11.9. The quantitative estimate of drug-likeness (QED) is 0.361. The summed E-state index contributed by atoms with van der Waals surface area (Å²) in [4.78, 5) is 13.7. The highest BCUT2D eigenvalue weighted by molar-refractivity contribution is 9.10. The molecule has 3 N–H and O–H groups in total. The summed E-state index contributed by atoms with van der Waals surface area (Å²) >= 11 is 3.49. The van der Waals surface area contributed by atoms with Crippen LogP contribution in [0.15, 0.2) is 41.0 Å². The molecule has 0 amide bonds. The molecule has 1 fully saturated rings. The number of aliphatic hydroxyl groups excluding tert-OH is 1. The lowest BCUT2D eigenvalue weighted by Crippen LogP contribution is -2.44. The zero-order chi connectivity index (χ0) is 25.8. The molecule has 192 valence electrons. The Morgan fingerprint density at radius 3 is 2.58 bits per heavy atom. The highest BCUT2D eigenvalue weighted by atomic mass is 79.9. The molecular formula is C26H32BrFN6O2. The molecule has 1 unspecified atom stereocenters. The maximum atomic E-state index is 13.8. The normalized spacial score (nSPS) is 15.0. The number of aliphatic hydroxyl groups is 1. The lowest BCUT2D eigenvalue weighted by atomic mass is 10.1. The first-order chi connectivity index (χ1) is 17.2. The predicted octanol–water partition coefficient (Wildman–Crippen LogP) is 4.86. The van der Waals surface area contributed by atoms with Crippen LogP contribution in [-0.4, -0.2) is 66.4 Å². The Morgan fingerprint density at radius 1 is 1.14 bits per heavy atom. The number of piperazine rings is 1. The van der Waals surface area contributed by atoms with Crippen molar-refractivity contribution in [1.82, 2.24) is 14.9 Å². The van der Waals surface area contributed by atoms with Crippen molar-refractivity contribution in [2.45, 2.75) is 26.4 Å². The number of benzene rings is 2. The third kappa shape index (κ3) is 6.24. The summed E-state index contributed by atoms with van der Waals surface area (Å²) in [6, 6.07) is 8.54. The Labute approximate surface area is 219 Å². The van der Waals surface area contributed by atoms with Gasteiger partial charge in [-0.05, 0) is 72.2 Å². The van der Waals surface area contributed by atoms with Gasteiger partial charge in [0.05, 0.1) is 23.4 Å². The molecule has 0 saturated carbocycles. The van der Waals surface area contributed by atoms with Crippen molar-refractivity contribution in [1.29, 1.82) is 0 Å². The van der Waals surface area contributed by atoms with Gasteiger partial charge in [0.15, 0.2) is 0 Å². The monoisotopic (exact) mass is 558 g/mol. The summed E-state index contributed by atoms with van der Waals surface area (Å²) in [5, 5.41) is 16.4. The van der Waals surface area contributed by atoms with Crippen molar-refractivity contribution in [3.05, 3.63) is 57.9 Å². The zero-order valence-corrected chi connectivity index (χ0v) is 22.6. The van der Waals surface area contributed by atoms with E-state index in [2.05, 4.69) is 59.4 Å². The van der Waals surface area contributed by atoms with Crippen LogP contribution in [0.2, 0.25) is 0 Å². The standard InChI is InChI=1S/C26H32BrFN6O2/c1-16-11-23(34-9-7-33(3)8-10-34)24(36-4)14-22(16)31-26-29-15-20(27)25(32-26)30-21-6-5-19(28)13-18(21)12-17(2)35/h5-6,11,13-15,17,35H,7-10,12H2,1-4H3,(H2,29,30,31,32). The minimum absolute atomic E-state index is 0.312. The van der Waals surface area contributed by atoms with Crippen LogP contribution in [0.1, 0.15) is 18.1 Å². The van der Waals surface area contributed by atoms with E-state index in [9.17, 15) is 9.50 Å². The minimum atomic E-state index is -0.606. The number of aromatic nitrogens is 2. The molecule has 36 heavy (non-hydrogen) atoms. The van der Waals surface area contributed by atoms with Gasteiger partial charge in [-0.1, -0.05) is 0 Å². The molecule has 0 aliphatic carbocycles. The predicted molar refractivity (Wildman–Crippen MR) is 146 cm³/mol. The lowest BCUT2D eigenvalue weighted by molar-refractivity contribution is 0.195. The molecule has 1 aromatic heterocycles. The molecule has 1 aliphatic rings. The Kier molecular flexibility index (Phi) is 8.28. The number of hydrogen-bond acceptors (Lipinski definition) is 8. The van der Waals surface area contributed by atoms with Crippen LogP contribution in [-0.2, 0) is 6.42 Å². The van der Waals surface area contributed by atoms with Crippen LogP contribution in [0.5, 0.6) is 5.75 Å². The third-order valence-corrected chi connectivity index (χ3v) is 6.78. The van der Waals surface area contributed by atoms with Gasteiger partial charge in [-0.3, -0.25) is 0 Å². The van der Waals surface area contributed by atoms with Crippen LogP contribution in [0.3, 0.4) is 0 Å². The van der Waals surface area contributed by atoms with Crippen molar-refractivity contribution < 1.29 is 14.2 Å². The van der Waals surface area contributed by atoms with E-state index in [1.54, 1.807) is 26.3 Å². The average Bonchev–Trinajstić information content (AvgIpc) is 2.84.